The van der Waals surface area contributed by atoms with E-state index in [4.69, 9.17) is 0 Å². The Morgan fingerprint density at radius 3 is 2.61 bits per heavy atom. The summed E-state index contributed by atoms with van der Waals surface area (Å²) in [5, 5.41) is 3.40. The Morgan fingerprint density at radius 2 is 1.96 bits per heavy atom. The Morgan fingerprint density at radius 1 is 1.18 bits per heavy atom. The van der Waals surface area contributed by atoms with Crippen LogP contribution in [-0.2, 0) is 17.1 Å². The lowest BCUT2D eigenvalue weighted by molar-refractivity contribution is 0.468. The van der Waals surface area contributed by atoms with E-state index in [1.54, 1.807) is 36.1 Å². The van der Waals surface area contributed by atoms with Gasteiger partial charge in [0.05, 0.1) is 12.0 Å². The van der Waals surface area contributed by atoms with E-state index >= 15 is 0 Å². The third-order valence-electron chi connectivity index (χ3n) is 4.88. The summed E-state index contributed by atoms with van der Waals surface area (Å²) >= 11 is 0. The van der Waals surface area contributed by atoms with Crippen LogP contribution in [0.1, 0.15) is 11.5 Å². The number of rotatable bonds is 5. The van der Waals surface area contributed by atoms with Gasteiger partial charge < -0.3 is 9.88 Å². The van der Waals surface area contributed by atoms with E-state index < -0.39 is 10.0 Å². The maximum Gasteiger partial charge on any atom is 0.262 e. The van der Waals surface area contributed by atoms with Gasteiger partial charge in [-0.25, -0.2) is 17.8 Å². The molecule has 0 bridgehead atoms. The van der Waals surface area contributed by atoms with E-state index in [2.05, 4.69) is 15.3 Å². The number of imidazole rings is 1. The van der Waals surface area contributed by atoms with Gasteiger partial charge in [0.2, 0.25) is 0 Å². The van der Waals surface area contributed by atoms with E-state index in [0.717, 1.165) is 11.3 Å². The highest BCUT2D eigenvalue weighted by Gasteiger charge is 2.41. The van der Waals surface area contributed by atoms with Crippen LogP contribution in [0.3, 0.4) is 0 Å². The van der Waals surface area contributed by atoms with E-state index in [0.29, 0.717) is 0 Å². The molecule has 3 heterocycles. The summed E-state index contributed by atoms with van der Waals surface area (Å²) in [7, 11) is -1.99. The third kappa shape index (κ3) is 3.63. The first-order valence-electron chi connectivity index (χ1n) is 8.83. The summed E-state index contributed by atoms with van der Waals surface area (Å²) in [4.78, 5) is 8.10. The molecule has 1 saturated heterocycles. The molecular weight excluding hydrogens is 381 g/mol. The number of pyridine rings is 1. The molecule has 7 nitrogen and oxygen atoms in total. The molecule has 0 aliphatic carbocycles. The van der Waals surface area contributed by atoms with Gasteiger partial charge in [-0.2, -0.15) is 4.31 Å². The average Bonchev–Trinajstić information content (AvgIpc) is 3.31. The Hall–Kier alpha value is -2.78. The molecule has 0 saturated carbocycles. The number of benzene rings is 1. The van der Waals surface area contributed by atoms with E-state index in [1.165, 1.54) is 29.0 Å². The third-order valence-corrected chi connectivity index (χ3v) is 6.60. The molecule has 1 aromatic carbocycles. The van der Waals surface area contributed by atoms with Crippen LogP contribution in [0.15, 0.2) is 66.3 Å². The van der Waals surface area contributed by atoms with Crippen LogP contribution in [0.25, 0.3) is 0 Å². The molecule has 146 valence electrons. The minimum absolute atomic E-state index is 0.0230. The standard InChI is InChI=1S/C19H20FN5O2S/c1-24-12-19(22-13-24)28(26,27)25-10-17(14-4-6-15(20)7-5-14)18(11-25)23-16-3-2-8-21-9-16/h2-9,12-13,17-18,23H,10-11H2,1H3/t17-,18+/m0/s1. The summed E-state index contributed by atoms with van der Waals surface area (Å²) < 4.78 is 42.5. The Labute approximate surface area is 162 Å². The SMILES string of the molecule is Cn1cnc(S(=O)(=O)N2C[C@@H](Nc3cccnc3)[C@H](c3ccc(F)cc3)C2)c1. The molecule has 4 rings (SSSR count). The molecule has 2 atom stereocenters. The van der Waals surface area contributed by atoms with Gasteiger partial charge in [-0.05, 0) is 29.8 Å². The van der Waals surface area contributed by atoms with Gasteiger partial charge in [0.15, 0.2) is 5.03 Å². The van der Waals surface area contributed by atoms with E-state index in [9.17, 15) is 12.8 Å². The number of hydrogen-bond acceptors (Lipinski definition) is 5. The van der Waals surface area contributed by atoms with Crippen molar-refractivity contribution < 1.29 is 12.8 Å². The molecule has 1 fully saturated rings. The van der Waals surface area contributed by atoms with Gasteiger partial charge in [-0.15, -0.1) is 0 Å². The molecular formula is C19H20FN5O2S. The van der Waals surface area contributed by atoms with Crippen LogP contribution in [-0.4, -0.2) is 46.4 Å². The molecule has 0 radical (unpaired) electrons. The number of anilines is 1. The van der Waals surface area contributed by atoms with Crippen molar-refractivity contribution >= 4 is 15.7 Å². The number of nitrogens with zero attached hydrogens (tertiary/aromatic N) is 4. The van der Waals surface area contributed by atoms with Crippen molar-refractivity contribution in [1.82, 2.24) is 18.8 Å². The molecule has 2 aromatic heterocycles. The fourth-order valence-electron chi connectivity index (χ4n) is 3.47. The topological polar surface area (TPSA) is 80.1 Å². The monoisotopic (exact) mass is 401 g/mol. The van der Waals surface area contributed by atoms with Crippen molar-refractivity contribution in [3.63, 3.8) is 0 Å². The predicted molar refractivity (Wildman–Crippen MR) is 103 cm³/mol. The van der Waals surface area contributed by atoms with Crippen LogP contribution in [0, 0.1) is 5.82 Å². The normalized spacial score (nSPS) is 20.4. The van der Waals surface area contributed by atoms with Crippen molar-refractivity contribution in [3.05, 3.63) is 72.7 Å². The molecule has 9 heteroatoms. The maximum atomic E-state index is 13.4. The largest absolute Gasteiger partial charge is 0.379 e. The number of aryl methyl sites for hydroxylation is 1. The quantitative estimate of drug-likeness (QED) is 0.709. The van der Waals surface area contributed by atoms with Gasteiger partial charge in [0.25, 0.3) is 10.0 Å². The van der Waals surface area contributed by atoms with Crippen molar-refractivity contribution in [1.29, 1.82) is 0 Å². The number of aromatic nitrogens is 3. The smallest absolute Gasteiger partial charge is 0.262 e. The zero-order chi connectivity index (χ0) is 19.7. The van der Waals surface area contributed by atoms with Gasteiger partial charge in [0, 0.05) is 50.7 Å². The first kappa shape index (κ1) is 18.6. The molecule has 1 N–H and O–H groups in total. The Balaban J connectivity index is 1.65. The van der Waals surface area contributed by atoms with E-state index in [1.807, 2.05) is 12.1 Å². The predicted octanol–water partition coefficient (Wildman–Crippen LogP) is 2.22. The molecule has 0 amide bonds. The fourth-order valence-corrected chi connectivity index (χ4v) is 4.93. The lowest BCUT2D eigenvalue weighted by atomic mass is 9.94. The second kappa shape index (κ2) is 7.33. The highest BCUT2D eigenvalue weighted by molar-refractivity contribution is 7.89. The molecule has 0 unspecified atom stereocenters. The van der Waals surface area contributed by atoms with Gasteiger partial charge >= 0.3 is 0 Å². The second-order valence-electron chi connectivity index (χ2n) is 6.85. The molecule has 1 aliphatic heterocycles. The molecule has 1 aliphatic rings. The first-order chi connectivity index (χ1) is 13.4. The van der Waals surface area contributed by atoms with Gasteiger partial charge in [-0.3, -0.25) is 4.98 Å². The highest BCUT2D eigenvalue weighted by Crippen LogP contribution is 2.33. The van der Waals surface area contributed by atoms with Crippen molar-refractivity contribution in [3.8, 4) is 0 Å². The Kier molecular flexibility index (Phi) is 4.86. The van der Waals surface area contributed by atoms with E-state index in [-0.39, 0.29) is 35.9 Å². The van der Waals surface area contributed by atoms with Crippen LogP contribution in [0.4, 0.5) is 10.1 Å². The minimum Gasteiger partial charge on any atom is -0.379 e. The first-order valence-corrected chi connectivity index (χ1v) is 10.3. The number of halogens is 1. The summed E-state index contributed by atoms with van der Waals surface area (Å²) in [5.41, 5.74) is 1.68. The van der Waals surface area contributed by atoms with Crippen molar-refractivity contribution in [2.45, 2.75) is 17.0 Å². The minimum atomic E-state index is -3.72. The summed E-state index contributed by atoms with van der Waals surface area (Å²) in [5.74, 6) is -0.462. The van der Waals surface area contributed by atoms with Crippen molar-refractivity contribution in [2.75, 3.05) is 18.4 Å². The average molecular weight is 401 g/mol. The zero-order valence-electron chi connectivity index (χ0n) is 15.2. The zero-order valence-corrected chi connectivity index (χ0v) is 16.1. The summed E-state index contributed by atoms with van der Waals surface area (Å²) in [6.45, 7) is 0.554. The van der Waals surface area contributed by atoms with Crippen LogP contribution < -0.4 is 5.32 Å². The maximum absolute atomic E-state index is 13.4. The van der Waals surface area contributed by atoms with Crippen LogP contribution in [0.2, 0.25) is 0 Å². The molecule has 3 aromatic rings. The number of hydrogen-bond donors (Lipinski definition) is 1. The highest BCUT2D eigenvalue weighted by atomic mass is 32.2. The lowest BCUT2D eigenvalue weighted by Crippen LogP contribution is -2.32. The van der Waals surface area contributed by atoms with Gasteiger partial charge in [-0.1, -0.05) is 12.1 Å². The lowest BCUT2D eigenvalue weighted by Gasteiger charge is -2.21. The van der Waals surface area contributed by atoms with Crippen molar-refractivity contribution in [2.24, 2.45) is 7.05 Å². The Bertz CT molecular complexity index is 1050. The number of nitrogens with one attached hydrogen (secondary N) is 1. The second-order valence-corrected chi connectivity index (χ2v) is 8.73. The van der Waals surface area contributed by atoms with Crippen LogP contribution in [0.5, 0.6) is 0 Å². The molecule has 0 spiro atoms. The summed E-state index contributed by atoms with van der Waals surface area (Å²) in [6.07, 6.45) is 6.32. The van der Waals surface area contributed by atoms with Crippen LogP contribution >= 0.6 is 0 Å². The fraction of sp³-hybridized carbons (Fsp3) is 0.263. The summed E-state index contributed by atoms with van der Waals surface area (Å²) in [6, 6.07) is 9.70. The van der Waals surface area contributed by atoms with Gasteiger partial charge in [0.1, 0.15) is 5.82 Å². The number of sulfonamides is 1. The molecule has 28 heavy (non-hydrogen) atoms.